The van der Waals surface area contributed by atoms with Gasteiger partial charge in [0.25, 0.3) is 0 Å². The molecule has 10 heteroatoms. The Hall–Kier alpha value is -3.56. The second-order valence-electron chi connectivity index (χ2n) is 6.29. The molecule has 146 valence electrons. The van der Waals surface area contributed by atoms with Crippen LogP contribution in [0.4, 0.5) is 32.2 Å². The molecule has 2 amide bonds. The monoisotopic (exact) mass is 385 g/mol. The van der Waals surface area contributed by atoms with Crippen molar-refractivity contribution in [3.8, 4) is 5.75 Å². The number of carbonyl (C=O) groups is 1. The number of nitrogens with one attached hydrogen (secondary N) is 4. The third-order valence-electron chi connectivity index (χ3n) is 4.43. The molecule has 3 aromatic rings. The first-order valence-electron chi connectivity index (χ1n) is 8.86. The molecule has 0 bridgehead atoms. The van der Waals surface area contributed by atoms with Crippen molar-refractivity contribution >= 4 is 34.7 Å². The van der Waals surface area contributed by atoms with Crippen molar-refractivity contribution in [3.05, 3.63) is 35.8 Å². The number of urea groups is 1. The number of benzene rings is 1. The van der Waals surface area contributed by atoms with Crippen LogP contribution in [0.5, 0.6) is 5.75 Å². The molecule has 0 radical (unpaired) electrons. The van der Waals surface area contributed by atoms with E-state index >= 15 is 0 Å². The van der Waals surface area contributed by atoms with E-state index in [1.165, 1.54) is 25.4 Å². The van der Waals surface area contributed by atoms with Gasteiger partial charge in [-0.3, -0.25) is 0 Å². The highest BCUT2D eigenvalue weighted by molar-refractivity contribution is 5.93. The van der Waals surface area contributed by atoms with E-state index in [1.807, 2.05) is 0 Å². The van der Waals surface area contributed by atoms with E-state index in [2.05, 4.69) is 31.3 Å². The van der Waals surface area contributed by atoms with Crippen LogP contribution in [0.25, 0.3) is 5.65 Å². The summed E-state index contributed by atoms with van der Waals surface area (Å²) in [6, 6.07) is 4.24. The summed E-state index contributed by atoms with van der Waals surface area (Å²) < 4.78 is 21.4. The minimum atomic E-state index is -0.381. The van der Waals surface area contributed by atoms with Crippen LogP contribution in [0, 0.1) is 5.82 Å². The Morgan fingerprint density at radius 2 is 2.11 bits per heavy atom. The number of fused-ring (bicyclic) bond motifs is 2. The Morgan fingerprint density at radius 1 is 1.25 bits per heavy atom. The number of nitrogens with zero attached hydrogens (tertiary/aromatic N) is 3. The summed E-state index contributed by atoms with van der Waals surface area (Å²) in [4.78, 5) is 16.2. The topological polar surface area (TPSA) is 105 Å². The van der Waals surface area contributed by atoms with Crippen LogP contribution in [0.15, 0.2) is 24.4 Å². The molecule has 0 aliphatic carbocycles. The second-order valence-corrected chi connectivity index (χ2v) is 6.29. The van der Waals surface area contributed by atoms with Crippen LogP contribution in [0.2, 0.25) is 0 Å². The lowest BCUT2D eigenvalue weighted by Gasteiger charge is -2.21. The van der Waals surface area contributed by atoms with Crippen LogP contribution in [-0.2, 0) is 6.42 Å². The van der Waals surface area contributed by atoms with Gasteiger partial charge in [-0.15, -0.1) is 0 Å². The van der Waals surface area contributed by atoms with Crippen molar-refractivity contribution in [3.63, 3.8) is 0 Å². The lowest BCUT2D eigenvalue weighted by atomic mass is 10.0. The summed E-state index contributed by atoms with van der Waals surface area (Å²) in [7, 11) is 3.27. The highest BCUT2D eigenvalue weighted by Crippen LogP contribution is 2.36. The Kier molecular flexibility index (Phi) is 4.60. The molecular formula is C18H20FN7O2. The Bertz CT molecular complexity index is 1050. The molecule has 4 N–H and O–H groups in total. The summed E-state index contributed by atoms with van der Waals surface area (Å²) in [5.41, 5.74) is 2.21. The van der Waals surface area contributed by atoms with Crippen molar-refractivity contribution in [2.75, 3.05) is 36.7 Å². The van der Waals surface area contributed by atoms with Gasteiger partial charge in [0.05, 0.1) is 18.5 Å². The first-order chi connectivity index (χ1) is 13.6. The fourth-order valence-electron chi connectivity index (χ4n) is 3.15. The molecule has 1 aliphatic rings. The zero-order valence-electron chi connectivity index (χ0n) is 15.5. The average Bonchev–Trinajstić information content (AvgIpc) is 3.09. The largest absolute Gasteiger partial charge is 0.491 e. The number of hydrogen-bond acceptors (Lipinski definition) is 6. The summed E-state index contributed by atoms with van der Waals surface area (Å²) in [5.74, 6) is 1.40. The van der Waals surface area contributed by atoms with E-state index < -0.39 is 0 Å². The highest BCUT2D eigenvalue weighted by atomic mass is 19.1. The first-order valence-corrected chi connectivity index (χ1v) is 8.86. The smallest absolute Gasteiger partial charge is 0.319 e. The number of hydrogen-bond donors (Lipinski definition) is 4. The molecule has 0 spiro atoms. The van der Waals surface area contributed by atoms with Gasteiger partial charge in [0, 0.05) is 26.2 Å². The fraction of sp³-hybridized carbons (Fsp3) is 0.278. The van der Waals surface area contributed by atoms with E-state index in [9.17, 15) is 9.18 Å². The zero-order valence-corrected chi connectivity index (χ0v) is 15.5. The van der Waals surface area contributed by atoms with Gasteiger partial charge in [-0.2, -0.15) is 9.61 Å². The van der Waals surface area contributed by atoms with Crippen LogP contribution in [0.3, 0.4) is 0 Å². The standard InChI is InChI=1S/C18H20FN7O2/c1-20-15-8-14(25-17-13(9-22-26(15)17)24-18(27)21-2)23-12-7-11(19)6-10-4-3-5-28-16(10)12/h6-9,20H,3-5H2,1-2H3,(H,23,25)(H2,21,24,27). The molecular weight excluding hydrogens is 365 g/mol. The van der Waals surface area contributed by atoms with Crippen LogP contribution >= 0.6 is 0 Å². The normalized spacial score (nSPS) is 12.8. The Morgan fingerprint density at radius 3 is 2.89 bits per heavy atom. The SMILES string of the molecule is CNC(=O)Nc1cnn2c(NC)cc(Nc3cc(F)cc4c3OCCC4)nc12. The minimum Gasteiger partial charge on any atom is -0.491 e. The maximum Gasteiger partial charge on any atom is 0.319 e. The number of amides is 2. The van der Waals surface area contributed by atoms with E-state index in [-0.39, 0.29) is 11.8 Å². The first kappa shape index (κ1) is 17.8. The molecule has 1 aromatic carbocycles. The van der Waals surface area contributed by atoms with Crippen molar-refractivity contribution in [2.24, 2.45) is 0 Å². The Labute approximate surface area is 160 Å². The molecule has 28 heavy (non-hydrogen) atoms. The number of aryl methyl sites for hydroxylation is 1. The van der Waals surface area contributed by atoms with Gasteiger partial charge in [-0.1, -0.05) is 0 Å². The quantitative estimate of drug-likeness (QED) is 0.551. The van der Waals surface area contributed by atoms with Crippen LogP contribution < -0.4 is 26.0 Å². The average molecular weight is 385 g/mol. The predicted molar refractivity (Wildman–Crippen MR) is 104 cm³/mol. The molecule has 0 saturated heterocycles. The third-order valence-corrected chi connectivity index (χ3v) is 4.43. The molecule has 3 heterocycles. The lowest BCUT2D eigenvalue weighted by molar-refractivity contribution is 0.254. The molecule has 1 aliphatic heterocycles. The number of halogens is 1. The van der Waals surface area contributed by atoms with Gasteiger partial charge >= 0.3 is 6.03 Å². The molecule has 0 fully saturated rings. The van der Waals surface area contributed by atoms with Gasteiger partial charge < -0.3 is 26.0 Å². The van der Waals surface area contributed by atoms with E-state index in [4.69, 9.17) is 4.74 Å². The maximum absolute atomic E-state index is 14.1. The van der Waals surface area contributed by atoms with Gasteiger partial charge in [-0.05, 0) is 24.5 Å². The van der Waals surface area contributed by atoms with Gasteiger partial charge in [-0.25, -0.2) is 14.2 Å². The van der Waals surface area contributed by atoms with Gasteiger partial charge in [0.15, 0.2) is 5.65 Å². The second kappa shape index (κ2) is 7.22. The molecule has 0 saturated carbocycles. The van der Waals surface area contributed by atoms with Crippen molar-refractivity contribution in [2.45, 2.75) is 12.8 Å². The van der Waals surface area contributed by atoms with Crippen molar-refractivity contribution in [1.82, 2.24) is 19.9 Å². The third kappa shape index (κ3) is 3.24. The number of anilines is 4. The molecule has 4 rings (SSSR count). The van der Waals surface area contributed by atoms with E-state index in [0.29, 0.717) is 41.0 Å². The number of rotatable bonds is 4. The summed E-state index contributed by atoms with van der Waals surface area (Å²) in [6.45, 7) is 0.588. The number of aromatic nitrogens is 3. The van der Waals surface area contributed by atoms with E-state index in [1.54, 1.807) is 17.6 Å². The number of carbonyl (C=O) groups excluding carboxylic acids is 1. The summed E-state index contributed by atoms with van der Waals surface area (Å²) in [6.07, 6.45) is 3.13. The van der Waals surface area contributed by atoms with Gasteiger partial charge in [0.2, 0.25) is 0 Å². The Balaban J connectivity index is 1.76. The van der Waals surface area contributed by atoms with Crippen molar-refractivity contribution < 1.29 is 13.9 Å². The number of ether oxygens (including phenoxy) is 1. The fourth-order valence-corrected chi connectivity index (χ4v) is 3.15. The lowest BCUT2D eigenvalue weighted by Crippen LogP contribution is -2.24. The summed E-state index contributed by atoms with van der Waals surface area (Å²) >= 11 is 0. The summed E-state index contributed by atoms with van der Waals surface area (Å²) in [5, 5.41) is 15.6. The predicted octanol–water partition coefficient (Wildman–Crippen LogP) is 2.73. The maximum atomic E-state index is 14.1. The zero-order chi connectivity index (χ0) is 19.7. The molecule has 2 aromatic heterocycles. The van der Waals surface area contributed by atoms with Crippen molar-refractivity contribution in [1.29, 1.82) is 0 Å². The molecule has 0 atom stereocenters. The molecule has 9 nitrogen and oxygen atoms in total. The minimum absolute atomic E-state index is 0.340. The van der Waals surface area contributed by atoms with E-state index in [0.717, 1.165) is 18.4 Å². The highest BCUT2D eigenvalue weighted by Gasteiger charge is 2.18. The molecule has 0 unspecified atom stereocenters. The van der Waals surface area contributed by atoms with Gasteiger partial charge in [0.1, 0.15) is 28.9 Å². The van der Waals surface area contributed by atoms with Crippen LogP contribution in [0.1, 0.15) is 12.0 Å². The van der Waals surface area contributed by atoms with Crippen LogP contribution in [-0.4, -0.2) is 41.3 Å².